The van der Waals surface area contributed by atoms with Gasteiger partial charge < -0.3 is 10.1 Å². The van der Waals surface area contributed by atoms with Crippen molar-refractivity contribution in [2.75, 3.05) is 0 Å². The highest BCUT2D eigenvalue weighted by Crippen LogP contribution is 2.26. The highest BCUT2D eigenvalue weighted by atomic mass is 16.5. The molecular formula is C13H18N2O. The van der Waals surface area contributed by atoms with Crippen LogP contribution in [0.5, 0.6) is 5.88 Å². The Morgan fingerprint density at radius 3 is 2.88 bits per heavy atom. The van der Waals surface area contributed by atoms with Crippen LogP contribution >= 0.6 is 0 Å². The van der Waals surface area contributed by atoms with Gasteiger partial charge >= 0.3 is 0 Å². The Hall–Kier alpha value is -1.09. The summed E-state index contributed by atoms with van der Waals surface area (Å²) in [5.41, 5.74) is 1.20. The molecule has 0 amide bonds. The summed E-state index contributed by atoms with van der Waals surface area (Å²) >= 11 is 0. The van der Waals surface area contributed by atoms with E-state index in [1.54, 1.807) is 0 Å². The van der Waals surface area contributed by atoms with Crippen LogP contribution < -0.4 is 10.1 Å². The first-order chi connectivity index (χ1) is 7.92. The fourth-order valence-electron chi connectivity index (χ4n) is 1.85. The minimum atomic E-state index is 0.412. The van der Waals surface area contributed by atoms with Gasteiger partial charge in [0.2, 0.25) is 5.88 Å². The second-order valence-corrected chi connectivity index (χ2v) is 4.79. The van der Waals surface area contributed by atoms with Gasteiger partial charge in [0, 0.05) is 24.3 Å². The number of rotatable bonds is 5. The Morgan fingerprint density at radius 1 is 1.31 bits per heavy atom. The van der Waals surface area contributed by atoms with Gasteiger partial charge in [-0.3, -0.25) is 0 Å². The van der Waals surface area contributed by atoms with Crippen LogP contribution in [-0.2, 0) is 6.54 Å². The monoisotopic (exact) mass is 218 g/mol. The van der Waals surface area contributed by atoms with E-state index in [2.05, 4.69) is 16.4 Å². The second-order valence-electron chi connectivity index (χ2n) is 4.79. The third kappa shape index (κ3) is 2.35. The lowest BCUT2D eigenvalue weighted by Crippen LogP contribution is -2.26. The largest absolute Gasteiger partial charge is 0.474 e. The van der Waals surface area contributed by atoms with E-state index in [9.17, 15) is 0 Å². The molecule has 0 unspecified atom stereocenters. The predicted octanol–water partition coefficient (Wildman–Crippen LogP) is 2.26. The Balaban J connectivity index is 1.63. The molecule has 1 N–H and O–H groups in total. The van der Waals surface area contributed by atoms with Gasteiger partial charge in [-0.2, -0.15) is 0 Å². The van der Waals surface area contributed by atoms with Crippen LogP contribution in [-0.4, -0.2) is 17.1 Å². The van der Waals surface area contributed by atoms with Crippen LogP contribution in [0, 0.1) is 0 Å². The van der Waals surface area contributed by atoms with Gasteiger partial charge in [0.25, 0.3) is 0 Å². The lowest BCUT2D eigenvalue weighted by molar-refractivity contribution is 0.113. The Kier molecular flexibility index (Phi) is 2.79. The van der Waals surface area contributed by atoms with Gasteiger partial charge in [0.15, 0.2) is 0 Å². The first-order valence-electron chi connectivity index (χ1n) is 6.26. The molecule has 3 heteroatoms. The van der Waals surface area contributed by atoms with Crippen molar-refractivity contribution < 1.29 is 4.74 Å². The minimum Gasteiger partial charge on any atom is -0.474 e. The van der Waals surface area contributed by atoms with Gasteiger partial charge in [0.05, 0.1) is 0 Å². The molecule has 86 valence electrons. The molecular weight excluding hydrogens is 200 g/mol. The summed E-state index contributed by atoms with van der Waals surface area (Å²) in [6.45, 7) is 0.889. The molecule has 1 heterocycles. The van der Waals surface area contributed by atoms with Crippen molar-refractivity contribution in [3.63, 3.8) is 0 Å². The number of pyridine rings is 1. The van der Waals surface area contributed by atoms with Crippen molar-refractivity contribution in [2.24, 2.45) is 0 Å². The molecule has 2 aliphatic carbocycles. The highest BCUT2D eigenvalue weighted by Gasteiger charge is 2.23. The fraction of sp³-hybridized carbons (Fsp3) is 0.615. The van der Waals surface area contributed by atoms with Crippen LogP contribution in [0.4, 0.5) is 0 Å². The number of nitrogens with zero attached hydrogens (tertiary/aromatic N) is 1. The molecule has 0 bridgehead atoms. The van der Waals surface area contributed by atoms with E-state index in [0.717, 1.165) is 18.5 Å². The molecule has 1 aromatic heterocycles. The molecule has 3 rings (SSSR count). The van der Waals surface area contributed by atoms with Gasteiger partial charge in [-0.25, -0.2) is 4.98 Å². The molecule has 0 spiro atoms. The average Bonchev–Trinajstić information content (AvgIpc) is 3.05. The van der Waals surface area contributed by atoms with Crippen LogP contribution in [0.3, 0.4) is 0 Å². The lowest BCUT2D eigenvalue weighted by Gasteiger charge is -2.26. The normalized spacial score (nSPS) is 20.5. The molecule has 2 aliphatic rings. The SMILES string of the molecule is c1cnc(OC2CCC2)c(CNC2CC2)c1. The zero-order chi connectivity index (χ0) is 10.8. The van der Waals surface area contributed by atoms with Gasteiger partial charge in [-0.15, -0.1) is 0 Å². The maximum atomic E-state index is 5.88. The van der Waals surface area contributed by atoms with Gasteiger partial charge in [-0.05, 0) is 38.2 Å². The van der Waals surface area contributed by atoms with E-state index in [-0.39, 0.29) is 0 Å². The van der Waals surface area contributed by atoms with Crippen LogP contribution in [0.15, 0.2) is 18.3 Å². The van der Waals surface area contributed by atoms with Crippen molar-refractivity contribution in [3.05, 3.63) is 23.9 Å². The lowest BCUT2D eigenvalue weighted by atomic mass is 9.96. The summed E-state index contributed by atoms with van der Waals surface area (Å²) in [6.07, 6.45) is 8.53. The Bertz CT molecular complexity index is 359. The average molecular weight is 218 g/mol. The fourth-order valence-corrected chi connectivity index (χ4v) is 1.85. The highest BCUT2D eigenvalue weighted by molar-refractivity contribution is 5.25. The summed E-state index contributed by atoms with van der Waals surface area (Å²) in [7, 11) is 0. The zero-order valence-electron chi connectivity index (χ0n) is 9.48. The summed E-state index contributed by atoms with van der Waals surface area (Å²) in [5, 5.41) is 3.50. The molecule has 0 aromatic carbocycles. The Morgan fingerprint density at radius 2 is 2.19 bits per heavy atom. The van der Waals surface area contributed by atoms with E-state index in [1.807, 2.05) is 12.3 Å². The van der Waals surface area contributed by atoms with E-state index < -0.39 is 0 Å². The maximum absolute atomic E-state index is 5.88. The first kappa shape index (κ1) is 10.1. The van der Waals surface area contributed by atoms with E-state index in [4.69, 9.17) is 4.74 Å². The van der Waals surface area contributed by atoms with Crippen LogP contribution in [0.2, 0.25) is 0 Å². The molecule has 16 heavy (non-hydrogen) atoms. The van der Waals surface area contributed by atoms with Gasteiger partial charge in [0.1, 0.15) is 6.10 Å². The smallest absolute Gasteiger partial charge is 0.218 e. The summed E-state index contributed by atoms with van der Waals surface area (Å²) in [6, 6.07) is 4.82. The number of aromatic nitrogens is 1. The molecule has 2 fully saturated rings. The maximum Gasteiger partial charge on any atom is 0.218 e. The van der Waals surface area contributed by atoms with Crippen molar-refractivity contribution >= 4 is 0 Å². The molecule has 0 aliphatic heterocycles. The molecule has 2 saturated carbocycles. The molecule has 1 aromatic rings. The second kappa shape index (κ2) is 4.42. The van der Waals surface area contributed by atoms with Gasteiger partial charge in [-0.1, -0.05) is 6.07 Å². The van der Waals surface area contributed by atoms with Crippen molar-refractivity contribution in [2.45, 2.75) is 50.8 Å². The van der Waals surface area contributed by atoms with E-state index in [0.29, 0.717) is 6.10 Å². The number of hydrogen-bond donors (Lipinski definition) is 1. The number of nitrogens with one attached hydrogen (secondary N) is 1. The summed E-state index contributed by atoms with van der Waals surface area (Å²) in [5.74, 6) is 0.834. The van der Waals surface area contributed by atoms with Crippen LogP contribution in [0.25, 0.3) is 0 Å². The van der Waals surface area contributed by atoms with E-state index >= 15 is 0 Å². The number of ether oxygens (including phenoxy) is 1. The number of hydrogen-bond acceptors (Lipinski definition) is 3. The van der Waals surface area contributed by atoms with Crippen LogP contribution in [0.1, 0.15) is 37.7 Å². The third-order valence-electron chi connectivity index (χ3n) is 3.34. The minimum absolute atomic E-state index is 0.412. The quantitative estimate of drug-likeness (QED) is 0.823. The molecule has 0 saturated heterocycles. The summed E-state index contributed by atoms with van der Waals surface area (Å²) in [4.78, 5) is 4.34. The van der Waals surface area contributed by atoms with Crippen molar-refractivity contribution in [1.29, 1.82) is 0 Å². The topological polar surface area (TPSA) is 34.1 Å². The summed E-state index contributed by atoms with van der Waals surface area (Å²) < 4.78 is 5.88. The van der Waals surface area contributed by atoms with Crippen molar-refractivity contribution in [3.8, 4) is 5.88 Å². The Labute approximate surface area is 96.2 Å². The zero-order valence-corrected chi connectivity index (χ0v) is 9.48. The molecule has 0 atom stereocenters. The molecule has 3 nitrogen and oxygen atoms in total. The van der Waals surface area contributed by atoms with E-state index in [1.165, 1.54) is 37.7 Å². The van der Waals surface area contributed by atoms with Crippen molar-refractivity contribution in [1.82, 2.24) is 10.3 Å². The third-order valence-corrected chi connectivity index (χ3v) is 3.34. The first-order valence-corrected chi connectivity index (χ1v) is 6.26. The predicted molar refractivity (Wildman–Crippen MR) is 62.4 cm³/mol. The standard InChI is InChI=1S/C13H18N2O/c1-4-12(5-1)16-13-10(3-2-8-14-13)9-15-11-6-7-11/h2-3,8,11-12,15H,1,4-7,9H2. The molecule has 0 radical (unpaired) electrons.